The van der Waals surface area contributed by atoms with Crippen LogP contribution in [0.5, 0.6) is 0 Å². The molecule has 1 rings (SSSR count). The van der Waals surface area contributed by atoms with Crippen LogP contribution in [0.4, 0.5) is 0 Å². The second kappa shape index (κ2) is 4.12. The van der Waals surface area contributed by atoms with Crippen LogP contribution in [-0.2, 0) is 4.79 Å². The fraction of sp³-hybridized carbons (Fsp3) is 0.500. The van der Waals surface area contributed by atoms with Crippen molar-refractivity contribution in [2.75, 3.05) is 0 Å². The van der Waals surface area contributed by atoms with Crippen molar-refractivity contribution >= 4 is 5.91 Å². The van der Waals surface area contributed by atoms with E-state index in [1.807, 2.05) is 19.9 Å². The molecule has 1 aliphatic rings. The summed E-state index contributed by atoms with van der Waals surface area (Å²) in [4.78, 5) is 11.5. The van der Waals surface area contributed by atoms with Crippen LogP contribution in [0, 0.1) is 0 Å². The van der Waals surface area contributed by atoms with Crippen molar-refractivity contribution in [1.82, 2.24) is 5.32 Å². The maximum atomic E-state index is 11.5. The lowest BCUT2D eigenvalue weighted by atomic mass is 10.0. The van der Waals surface area contributed by atoms with Crippen LogP contribution in [0.3, 0.4) is 0 Å². The SMILES string of the molecule is CC(C)NC(=O)C1=C(N)C=CCC1. The fourth-order valence-corrected chi connectivity index (χ4v) is 1.28. The number of nitrogens with two attached hydrogens (primary N) is 1. The van der Waals surface area contributed by atoms with Crippen LogP contribution >= 0.6 is 0 Å². The number of hydrogen-bond acceptors (Lipinski definition) is 2. The molecule has 1 aliphatic carbocycles. The summed E-state index contributed by atoms with van der Waals surface area (Å²) < 4.78 is 0. The quantitative estimate of drug-likeness (QED) is 0.668. The van der Waals surface area contributed by atoms with E-state index in [9.17, 15) is 4.79 Å². The molecule has 3 heteroatoms. The highest BCUT2D eigenvalue weighted by atomic mass is 16.1. The van der Waals surface area contributed by atoms with Crippen LogP contribution in [0.15, 0.2) is 23.4 Å². The molecule has 3 nitrogen and oxygen atoms in total. The Labute approximate surface area is 78.7 Å². The lowest BCUT2D eigenvalue weighted by Gasteiger charge is -2.14. The Balaban J connectivity index is 2.70. The number of rotatable bonds is 2. The molecule has 0 aromatic rings. The summed E-state index contributed by atoms with van der Waals surface area (Å²) in [5.41, 5.74) is 7.01. The van der Waals surface area contributed by atoms with E-state index in [2.05, 4.69) is 5.32 Å². The number of hydrogen-bond donors (Lipinski definition) is 2. The van der Waals surface area contributed by atoms with Gasteiger partial charge < -0.3 is 11.1 Å². The van der Waals surface area contributed by atoms with Crippen molar-refractivity contribution in [1.29, 1.82) is 0 Å². The molecule has 1 amide bonds. The van der Waals surface area contributed by atoms with Crippen LogP contribution in [0.25, 0.3) is 0 Å². The minimum Gasteiger partial charge on any atom is -0.398 e. The summed E-state index contributed by atoms with van der Waals surface area (Å²) >= 11 is 0. The molecule has 3 N–H and O–H groups in total. The third-order valence-electron chi connectivity index (χ3n) is 1.90. The first-order valence-corrected chi connectivity index (χ1v) is 4.57. The molecular weight excluding hydrogens is 164 g/mol. The molecule has 0 atom stereocenters. The minimum atomic E-state index is -0.0307. The van der Waals surface area contributed by atoms with Gasteiger partial charge in [-0.3, -0.25) is 4.79 Å². The van der Waals surface area contributed by atoms with Crippen molar-refractivity contribution in [2.45, 2.75) is 32.7 Å². The minimum absolute atomic E-state index is 0.0307. The van der Waals surface area contributed by atoms with Crippen LogP contribution in [-0.4, -0.2) is 11.9 Å². The second-order valence-electron chi connectivity index (χ2n) is 3.50. The molecule has 0 aromatic heterocycles. The summed E-state index contributed by atoms with van der Waals surface area (Å²) in [5.74, 6) is -0.0307. The van der Waals surface area contributed by atoms with Gasteiger partial charge in [0.05, 0.1) is 0 Å². The zero-order valence-corrected chi connectivity index (χ0v) is 8.13. The predicted molar refractivity (Wildman–Crippen MR) is 52.9 cm³/mol. The molecule has 0 saturated heterocycles. The van der Waals surface area contributed by atoms with Gasteiger partial charge in [0, 0.05) is 17.3 Å². The number of amides is 1. The van der Waals surface area contributed by atoms with Gasteiger partial charge in [-0.05, 0) is 32.8 Å². The van der Waals surface area contributed by atoms with E-state index in [4.69, 9.17) is 5.73 Å². The van der Waals surface area contributed by atoms with Crippen molar-refractivity contribution < 1.29 is 4.79 Å². The molecule has 13 heavy (non-hydrogen) atoms. The predicted octanol–water partition coefficient (Wildman–Crippen LogP) is 1.07. The average Bonchev–Trinajstić information content (AvgIpc) is 2.03. The lowest BCUT2D eigenvalue weighted by Crippen LogP contribution is -2.32. The van der Waals surface area contributed by atoms with Crippen LogP contribution in [0.2, 0.25) is 0 Å². The van der Waals surface area contributed by atoms with Gasteiger partial charge in [-0.1, -0.05) is 6.08 Å². The van der Waals surface area contributed by atoms with E-state index < -0.39 is 0 Å². The molecule has 0 heterocycles. The van der Waals surface area contributed by atoms with Gasteiger partial charge in [-0.15, -0.1) is 0 Å². The van der Waals surface area contributed by atoms with E-state index in [0.29, 0.717) is 5.70 Å². The largest absolute Gasteiger partial charge is 0.398 e. The molecular formula is C10H16N2O. The molecule has 0 aromatic carbocycles. The molecule has 72 valence electrons. The van der Waals surface area contributed by atoms with E-state index in [1.54, 1.807) is 6.08 Å². The van der Waals surface area contributed by atoms with Crippen molar-refractivity contribution in [3.63, 3.8) is 0 Å². The van der Waals surface area contributed by atoms with Gasteiger partial charge in [0.2, 0.25) is 5.91 Å². The zero-order valence-electron chi connectivity index (χ0n) is 8.13. The number of allylic oxidation sites excluding steroid dienone is 2. The molecule has 0 fully saturated rings. The fourth-order valence-electron chi connectivity index (χ4n) is 1.28. The molecule has 0 spiro atoms. The normalized spacial score (nSPS) is 16.5. The highest BCUT2D eigenvalue weighted by Crippen LogP contribution is 2.15. The smallest absolute Gasteiger partial charge is 0.249 e. The third kappa shape index (κ3) is 2.61. The molecule has 0 saturated carbocycles. The molecule has 0 bridgehead atoms. The Morgan fingerprint density at radius 3 is 2.85 bits per heavy atom. The summed E-state index contributed by atoms with van der Waals surface area (Å²) in [6, 6.07) is 0.165. The maximum absolute atomic E-state index is 11.5. The summed E-state index contributed by atoms with van der Waals surface area (Å²) in [6.07, 6.45) is 5.45. The Hall–Kier alpha value is -1.25. The van der Waals surface area contributed by atoms with Gasteiger partial charge >= 0.3 is 0 Å². The standard InChI is InChI=1S/C10H16N2O/c1-7(2)12-10(13)8-5-3-4-6-9(8)11/h4,6-7H,3,5,11H2,1-2H3,(H,12,13). The number of carbonyl (C=O) groups excluding carboxylic acids is 1. The van der Waals surface area contributed by atoms with E-state index in [-0.39, 0.29) is 11.9 Å². The van der Waals surface area contributed by atoms with E-state index in [0.717, 1.165) is 18.4 Å². The average molecular weight is 180 g/mol. The first kappa shape index (κ1) is 9.84. The lowest BCUT2D eigenvalue weighted by molar-refractivity contribution is -0.118. The molecule has 0 unspecified atom stereocenters. The van der Waals surface area contributed by atoms with Gasteiger partial charge in [0.25, 0.3) is 0 Å². The van der Waals surface area contributed by atoms with E-state index in [1.165, 1.54) is 0 Å². The maximum Gasteiger partial charge on any atom is 0.249 e. The van der Waals surface area contributed by atoms with Crippen molar-refractivity contribution in [3.05, 3.63) is 23.4 Å². The number of carbonyl (C=O) groups is 1. The molecule has 0 radical (unpaired) electrons. The first-order chi connectivity index (χ1) is 6.11. The van der Waals surface area contributed by atoms with Gasteiger partial charge in [-0.25, -0.2) is 0 Å². The summed E-state index contributed by atoms with van der Waals surface area (Å²) in [5, 5.41) is 2.83. The van der Waals surface area contributed by atoms with Crippen molar-refractivity contribution in [3.8, 4) is 0 Å². The van der Waals surface area contributed by atoms with Crippen LogP contribution in [0.1, 0.15) is 26.7 Å². The second-order valence-corrected chi connectivity index (χ2v) is 3.50. The van der Waals surface area contributed by atoms with Crippen LogP contribution < -0.4 is 11.1 Å². The van der Waals surface area contributed by atoms with Gasteiger partial charge in [0.15, 0.2) is 0 Å². The third-order valence-corrected chi connectivity index (χ3v) is 1.90. The zero-order chi connectivity index (χ0) is 9.84. The highest BCUT2D eigenvalue weighted by Gasteiger charge is 2.14. The van der Waals surface area contributed by atoms with Crippen molar-refractivity contribution in [2.24, 2.45) is 5.73 Å². The summed E-state index contributed by atoms with van der Waals surface area (Å²) in [6.45, 7) is 3.88. The van der Waals surface area contributed by atoms with Gasteiger partial charge in [0.1, 0.15) is 0 Å². The first-order valence-electron chi connectivity index (χ1n) is 4.57. The monoisotopic (exact) mass is 180 g/mol. The highest BCUT2D eigenvalue weighted by molar-refractivity contribution is 5.94. The Bertz CT molecular complexity index is 264. The Kier molecular flexibility index (Phi) is 3.12. The Morgan fingerprint density at radius 2 is 2.31 bits per heavy atom. The van der Waals surface area contributed by atoms with E-state index >= 15 is 0 Å². The van der Waals surface area contributed by atoms with Gasteiger partial charge in [-0.2, -0.15) is 0 Å². The topological polar surface area (TPSA) is 55.1 Å². The Morgan fingerprint density at radius 1 is 1.62 bits per heavy atom. The molecule has 0 aliphatic heterocycles. The number of nitrogens with one attached hydrogen (secondary N) is 1. The summed E-state index contributed by atoms with van der Waals surface area (Å²) in [7, 11) is 0.